The molecule has 6 heteroatoms. The molecule has 0 atom stereocenters. The summed E-state index contributed by atoms with van der Waals surface area (Å²) in [6.07, 6.45) is 18.5. The van der Waals surface area contributed by atoms with Gasteiger partial charge in [-0.15, -0.1) is 0 Å². The fourth-order valence-corrected chi connectivity index (χ4v) is 2.81. The van der Waals surface area contributed by atoms with Crippen molar-refractivity contribution in [3.8, 4) is 0 Å². The Kier molecular flexibility index (Phi) is 21.6. The summed E-state index contributed by atoms with van der Waals surface area (Å²) in [6, 6.07) is 10.9. The Morgan fingerprint density at radius 3 is 1.42 bits per heavy atom. The van der Waals surface area contributed by atoms with Gasteiger partial charge in [-0.3, -0.25) is 9.11 Å². The molecule has 26 heavy (non-hydrogen) atoms. The van der Waals surface area contributed by atoms with Gasteiger partial charge in [0.15, 0.2) is 0 Å². The molecule has 0 fully saturated rings. The summed E-state index contributed by atoms with van der Waals surface area (Å²) in [6.45, 7) is 2.29. The van der Waals surface area contributed by atoms with E-state index in [1.165, 1.54) is 89.0 Å². The molecular formula is C20H37NaO4S. The summed E-state index contributed by atoms with van der Waals surface area (Å²) in [5.74, 6) is 0. The third-order valence-corrected chi connectivity index (χ3v) is 4.16. The first-order valence-corrected chi connectivity index (χ1v) is 11.1. The fraction of sp³-hybridized carbons (Fsp3) is 0.700. The molecule has 0 saturated carbocycles. The average molecular weight is 397 g/mol. The van der Waals surface area contributed by atoms with E-state index in [0.29, 0.717) is 0 Å². The molecule has 0 amide bonds. The second-order valence-electron chi connectivity index (χ2n) is 6.57. The van der Waals surface area contributed by atoms with Crippen molar-refractivity contribution in [1.82, 2.24) is 0 Å². The van der Waals surface area contributed by atoms with Crippen molar-refractivity contribution < 1.29 is 17.5 Å². The first-order chi connectivity index (χ1) is 11.9. The number of unbranched alkanes of at least 4 members (excludes halogenated alkanes) is 11. The first kappa shape index (κ1) is 28.3. The van der Waals surface area contributed by atoms with Crippen LogP contribution in [0.2, 0.25) is 0 Å². The van der Waals surface area contributed by atoms with Crippen LogP contribution in [0.1, 0.15) is 89.5 Å². The monoisotopic (exact) mass is 396 g/mol. The van der Waals surface area contributed by atoms with Crippen LogP contribution in [-0.4, -0.2) is 47.1 Å². The molecule has 0 spiro atoms. The molecule has 1 rings (SSSR count). The van der Waals surface area contributed by atoms with Crippen molar-refractivity contribution in [1.29, 1.82) is 0 Å². The van der Waals surface area contributed by atoms with Crippen LogP contribution in [0.15, 0.2) is 30.3 Å². The van der Waals surface area contributed by atoms with Gasteiger partial charge in [0.1, 0.15) is 0 Å². The van der Waals surface area contributed by atoms with Crippen LogP contribution in [-0.2, 0) is 16.8 Å². The third-order valence-electron chi connectivity index (χ3n) is 4.16. The van der Waals surface area contributed by atoms with Crippen molar-refractivity contribution in [3.05, 3.63) is 35.9 Å². The van der Waals surface area contributed by atoms with E-state index < -0.39 is 10.4 Å². The maximum absolute atomic E-state index is 8.74. The Hall–Kier alpha value is 0.0900. The van der Waals surface area contributed by atoms with Gasteiger partial charge in [-0.1, -0.05) is 108 Å². The number of hydrogen-bond donors (Lipinski definition) is 2. The zero-order valence-corrected chi connectivity index (χ0v) is 16.5. The predicted molar refractivity (Wildman–Crippen MR) is 113 cm³/mol. The van der Waals surface area contributed by atoms with E-state index in [2.05, 4.69) is 37.3 Å². The van der Waals surface area contributed by atoms with Crippen LogP contribution in [0.25, 0.3) is 0 Å². The van der Waals surface area contributed by atoms with Gasteiger partial charge < -0.3 is 0 Å². The van der Waals surface area contributed by atoms with Crippen LogP contribution in [0.3, 0.4) is 0 Å². The molecule has 0 radical (unpaired) electrons. The molecule has 0 heterocycles. The van der Waals surface area contributed by atoms with Crippen molar-refractivity contribution >= 4 is 40.0 Å². The molecular weight excluding hydrogens is 359 g/mol. The second kappa shape index (κ2) is 19.8. The van der Waals surface area contributed by atoms with E-state index in [1.54, 1.807) is 0 Å². The maximum atomic E-state index is 8.74. The topological polar surface area (TPSA) is 74.6 Å². The number of hydrogen-bond acceptors (Lipinski definition) is 2. The van der Waals surface area contributed by atoms with E-state index in [1.807, 2.05) is 0 Å². The zero-order chi connectivity index (χ0) is 18.8. The SMILES string of the molecule is CCCCCCCCCCCCCCc1ccccc1.O=S(=O)(O)O.[NaH]. The summed E-state index contributed by atoms with van der Waals surface area (Å²) < 4.78 is 31.6. The van der Waals surface area contributed by atoms with Gasteiger partial charge in [0.2, 0.25) is 0 Å². The minimum atomic E-state index is -4.67. The zero-order valence-electron chi connectivity index (χ0n) is 15.7. The molecule has 2 N–H and O–H groups in total. The second-order valence-corrected chi connectivity index (χ2v) is 7.47. The summed E-state index contributed by atoms with van der Waals surface area (Å²) in [4.78, 5) is 0. The molecule has 0 aromatic heterocycles. The van der Waals surface area contributed by atoms with Gasteiger partial charge in [-0.2, -0.15) is 8.42 Å². The van der Waals surface area contributed by atoms with Gasteiger partial charge in [-0.25, -0.2) is 0 Å². The number of aryl methyl sites for hydroxylation is 1. The number of rotatable bonds is 13. The van der Waals surface area contributed by atoms with E-state index in [4.69, 9.17) is 17.5 Å². The van der Waals surface area contributed by atoms with Gasteiger partial charge >= 0.3 is 40.0 Å². The van der Waals surface area contributed by atoms with Crippen LogP contribution in [0, 0.1) is 0 Å². The summed E-state index contributed by atoms with van der Waals surface area (Å²) in [5.41, 5.74) is 1.50. The molecule has 0 saturated heterocycles. The molecule has 0 aliphatic carbocycles. The van der Waals surface area contributed by atoms with Crippen molar-refractivity contribution in [2.24, 2.45) is 0 Å². The van der Waals surface area contributed by atoms with Crippen LogP contribution < -0.4 is 0 Å². The van der Waals surface area contributed by atoms with Crippen molar-refractivity contribution in [2.45, 2.75) is 90.4 Å². The molecule has 4 nitrogen and oxygen atoms in total. The molecule has 0 unspecified atom stereocenters. The Balaban J connectivity index is 0. The Morgan fingerprint density at radius 1 is 0.692 bits per heavy atom. The van der Waals surface area contributed by atoms with E-state index in [0.717, 1.165) is 0 Å². The Bertz CT molecular complexity index is 484. The standard InChI is InChI=1S/C20H34.Na.H2O4S.H/c1-2-3-4-5-6-7-8-9-10-11-12-14-17-20-18-15-13-16-19-20;;1-5(2,3)4;/h13,15-16,18-19H,2-12,14,17H2,1H3;;(H2,1,2,3,4);. The molecule has 1 aromatic rings. The molecule has 1 aromatic carbocycles. The van der Waals surface area contributed by atoms with Gasteiger partial charge in [-0.05, 0) is 18.4 Å². The van der Waals surface area contributed by atoms with Gasteiger partial charge in [0, 0.05) is 0 Å². The van der Waals surface area contributed by atoms with Crippen LogP contribution >= 0.6 is 0 Å². The predicted octanol–water partition coefficient (Wildman–Crippen LogP) is 5.63. The molecule has 0 aliphatic rings. The third kappa shape index (κ3) is 26.3. The quantitative estimate of drug-likeness (QED) is 0.257. The molecule has 148 valence electrons. The first-order valence-electron chi connectivity index (χ1n) is 9.67. The molecule has 0 bridgehead atoms. The summed E-state index contributed by atoms with van der Waals surface area (Å²) in [5, 5.41) is 0. The van der Waals surface area contributed by atoms with E-state index in [-0.39, 0.29) is 29.6 Å². The Morgan fingerprint density at radius 2 is 1.04 bits per heavy atom. The fourth-order valence-electron chi connectivity index (χ4n) is 2.81. The van der Waals surface area contributed by atoms with Gasteiger partial charge in [0.25, 0.3) is 0 Å². The van der Waals surface area contributed by atoms with E-state index in [9.17, 15) is 0 Å². The van der Waals surface area contributed by atoms with Crippen LogP contribution in [0.5, 0.6) is 0 Å². The van der Waals surface area contributed by atoms with Crippen molar-refractivity contribution in [3.63, 3.8) is 0 Å². The van der Waals surface area contributed by atoms with E-state index >= 15 is 0 Å². The minimum absolute atomic E-state index is 0. The Labute approximate surface area is 183 Å². The summed E-state index contributed by atoms with van der Waals surface area (Å²) >= 11 is 0. The summed E-state index contributed by atoms with van der Waals surface area (Å²) in [7, 11) is -4.67. The van der Waals surface area contributed by atoms with Crippen molar-refractivity contribution in [2.75, 3.05) is 0 Å². The van der Waals surface area contributed by atoms with Gasteiger partial charge in [0.05, 0.1) is 0 Å². The normalized spacial score (nSPS) is 10.6. The van der Waals surface area contributed by atoms with Crippen LogP contribution in [0.4, 0.5) is 0 Å². The molecule has 0 aliphatic heterocycles. The average Bonchev–Trinajstić information content (AvgIpc) is 2.55. The number of benzene rings is 1.